The molecule has 2 aromatic carbocycles. The van der Waals surface area contributed by atoms with Crippen molar-refractivity contribution in [3.05, 3.63) is 84.2 Å². The van der Waals surface area contributed by atoms with E-state index in [1.54, 1.807) is 25.4 Å². The van der Waals surface area contributed by atoms with Crippen molar-refractivity contribution in [1.82, 2.24) is 24.0 Å². The van der Waals surface area contributed by atoms with Gasteiger partial charge in [-0.1, -0.05) is 30.3 Å². The Kier molecular flexibility index (Phi) is 7.88. The molecule has 0 aliphatic carbocycles. The lowest BCUT2D eigenvalue weighted by Crippen LogP contribution is -2.52. The number of anilines is 1. The highest BCUT2D eigenvalue weighted by Gasteiger charge is 2.28. The fraction of sp³-hybridized carbons (Fsp3) is 0.250. The number of aromatic nitrogens is 3. The topological polar surface area (TPSA) is 127 Å². The van der Waals surface area contributed by atoms with Gasteiger partial charge in [0.1, 0.15) is 23.5 Å². The van der Waals surface area contributed by atoms with Crippen LogP contribution < -0.4 is 14.4 Å². The zero-order valence-corrected chi connectivity index (χ0v) is 22.4. The van der Waals surface area contributed by atoms with Gasteiger partial charge in [0.25, 0.3) is 10.2 Å². The smallest absolute Gasteiger partial charge is 0.279 e. The van der Waals surface area contributed by atoms with Crippen LogP contribution in [-0.4, -0.2) is 67.5 Å². The molecule has 3 heterocycles. The molecule has 2 aromatic heterocycles. The highest BCUT2D eigenvalue weighted by atomic mass is 32.2. The van der Waals surface area contributed by atoms with Crippen LogP contribution in [0.1, 0.15) is 11.3 Å². The van der Waals surface area contributed by atoms with Crippen LogP contribution in [0.25, 0.3) is 22.6 Å². The minimum Gasteiger partial charge on any atom is -0.497 e. The molecule has 0 saturated carbocycles. The summed E-state index contributed by atoms with van der Waals surface area (Å²) in [6.07, 6.45) is 2.07. The van der Waals surface area contributed by atoms with Crippen LogP contribution in [0.15, 0.2) is 72.9 Å². The predicted molar refractivity (Wildman–Crippen MR) is 149 cm³/mol. The molecule has 10 nitrogen and oxygen atoms in total. The van der Waals surface area contributed by atoms with Crippen molar-refractivity contribution in [3.63, 3.8) is 0 Å². The molecule has 1 aliphatic rings. The molecule has 0 radical (unpaired) electrons. The molecular weight excluding hydrogens is 514 g/mol. The standard InChI is InChI=1S/C28H29N7O3S/c1-38-24-11-9-21(10-12-24)26-25(32-27(33-26)22-6-3-2-4-7-22)13-15-31-39(36,37)35-18-16-34(17-19-35)28-23(20-29)8-5-14-30-28/h2-12,14,31H,13,15-19H2,1H3,(H,32,33). The Morgan fingerprint density at radius 1 is 1.00 bits per heavy atom. The number of H-pyrrole nitrogens is 1. The van der Waals surface area contributed by atoms with Crippen LogP contribution in [0.3, 0.4) is 0 Å². The van der Waals surface area contributed by atoms with Crippen molar-refractivity contribution in [1.29, 1.82) is 5.26 Å². The number of aromatic amines is 1. The second kappa shape index (κ2) is 11.7. The summed E-state index contributed by atoms with van der Waals surface area (Å²) in [6.45, 7) is 1.72. The largest absolute Gasteiger partial charge is 0.497 e. The monoisotopic (exact) mass is 543 g/mol. The van der Waals surface area contributed by atoms with Gasteiger partial charge in [0, 0.05) is 62.2 Å². The number of nitriles is 1. The number of ether oxygens (including phenoxy) is 1. The van der Waals surface area contributed by atoms with Gasteiger partial charge >= 0.3 is 0 Å². The molecule has 4 aromatic rings. The summed E-state index contributed by atoms with van der Waals surface area (Å²) in [4.78, 5) is 14.5. The highest BCUT2D eigenvalue weighted by Crippen LogP contribution is 2.28. The van der Waals surface area contributed by atoms with Crippen LogP contribution in [-0.2, 0) is 16.6 Å². The van der Waals surface area contributed by atoms with Crippen LogP contribution in [0, 0.1) is 11.3 Å². The molecule has 200 valence electrons. The fourth-order valence-electron chi connectivity index (χ4n) is 4.58. The Morgan fingerprint density at radius 3 is 2.44 bits per heavy atom. The summed E-state index contributed by atoms with van der Waals surface area (Å²) in [7, 11) is -2.06. The fourth-order valence-corrected chi connectivity index (χ4v) is 5.77. The van der Waals surface area contributed by atoms with E-state index in [9.17, 15) is 13.7 Å². The number of nitrogens with one attached hydrogen (secondary N) is 2. The molecular formula is C28H29N7O3S. The van der Waals surface area contributed by atoms with Crippen molar-refractivity contribution in [2.24, 2.45) is 0 Å². The predicted octanol–water partition coefficient (Wildman–Crippen LogP) is 3.22. The normalized spacial score (nSPS) is 14.2. The second-order valence-electron chi connectivity index (χ2n) is 9.03. The molecule has 0 atom stereocenters. The van der Waals surface area contributed by atoms with Gasteiger partial charge in [0.05, 0.1) is 18.4 Å². The lowest BCUT2D eigenvalue weighted by Gasteiger charge is -2.34. The number of pyridine rings is 1. The Labute approximate surface area is 228 Å². The number of imidazole rings is 1. The van der Waals surface area contributed by atoms with E-state index in [-0.39, 0.29) is 6.54 Å². The number of hydrogen-bond acceptors (Lipinski definition) is 7. The molecule has 0 unspecified atom stereocenters. The molecule has 1 fully saturated rings. The van der Waals surface area contributed by atoms with E-state index < -0.39 is 10.2 Å². The number of nitrogens with zero attached hydrogens (tertiary/aromatic N) is 5. The number of rotatable bonds is 9. The van der Waals surface area contributed by atoms with Crippen LogP contribution >= 0.6 is 0 Å². The molecule has 1 aliphatic heterocycles. The van der Waals surface area contributed by atoms with E-state index in [1.165, 1.54) is 4.31 Å². The minimum atomic E-state index is -3.69. The Hall–Kier alpha value is -4.24. The zero-order chi connectivity index (χ0) is 27.2. The van der Waals surface area contributed by atoms with Gasteiger partial charge in [0.15, 0.2) is 0 Å². The van der Waals surface area contributed by atoms with Gasteiger partial charge in [0.2, 0.25) is 0 Å². The Morgan fingerprint density at radius 2 is 1.74 bits per heavy atom. The molecule has 0 spiro atoms. The van der Waals surface area contributed by atoms with Gasteiger partial charge in [-0.15, -0.1) is 0 Å². The lowest BCUT2D eigenvalue weighted by atomic mass is 10.1. The Balaban J connectivity index is 1.26. The third-order valence-corrected chi connectivity index (χ3v) is 8.25. The van der Waals surface area contributed by atoms with Crippen molar-refractivity contribution in [2.75, 3.05) is 44.7 Å². The molecule has 1 saturated heterocycles. The van der Waals surface area contributed by atoms with E-state index in [1.807, 2.05) is 59.5 Å². The number of piperazine rings is 1. The summed E-state index contributed by atoms with van der Waals surface area (Å²) in [5.74, 6) is 2.06. The van der Waals surface area contributed by atoms with E-state index >= 15 is 0 Å². The summed E-state index contributed by atoms with van der Waals surface area (Å²) in [5, 5.41) is 9.36. The molecule has 39 heavy (non-hydrogen) atoms. The molecule has 5 rings (SSSR count). The summed E-state index contributed by atoms with van der Waals surface area (Å²) >= 11 is 0. The van der Waals surface area contributed by atoms with Crippen LogP contribution in [0.5, 0.6) is 5.75 Å². The first-order valence-electron chi connectivity index (χ1n) is 12.6. The highest BCUT2D eigenvalue weighted by molar-refractivity contribution is 7.87. The number of hydrogen-bond donors (Lipinski definition) is 2. The SMILES string of the molecule is COc1ccc(-c2nc(-c3ccccc3)[nH]c2CCNS(=O)(=O)N2CCN(c3ncccc3C#N)CC2)cc1. The van der Waals surface area contributed by atoms with Crippen LogP contribution in [0.4, 0.5) is 5.82 Å². The van der Waals surface area contributed by atoms with Crippen molar-refractivity contribution >= 4 is 16.0 Å². The number of methoxy groups -OCH3 is 1. The first-order valence-corrected chi connectivity index (χ1v) is 14.1. The molecule has 0 bridgehead atoms. The van der Waals surface area contributed by atoms with Gasteiger partial charge in [-0.2, -0.15) is 18.0 Å². The van der Waals surface area contributed by atoms with E-state index in [4.69, 9.17) is 9.72 Å². The van der Waals surface area contributed by atoms with Crippen molar-refractivity contribution in [2.45, 2.75) is 6.42 Å². The quantitative estimate of drug-likeness (QED) is 0.332. The maximum atomic E-state index is 13.1. The van der Waals surface area contributed by atoms with Gasteiger partial charge in [-0.25, -0.2) is 14.7 Å². The van der Waals surface area contributed by atoms with E-state index in [2.05, 4.69) is 20.8 Å². The molecule has 11 heteroatoms. The van der Waals surface area contributed by atoms with Crippen molar-refractivity contribution in [3.8, 4) is 34.5 Å². The lowest BCUT2D eigenvalue weighted by molar-refractivity contribution is 0.377. The summed E-state index contributed by atoms with van der Waals surface area (Å²) in [5.41, 5.74) is 3.95. The maximum Gasteiger partial charge on any atom is 0.279 e. The average Bonchev–Trinajstić information content (AvgIpc) is 3.41. The van der Waals surface area contributed by atoms with E-state index in [0.717, 1.165) is 34.1 Å². The third kappa shape index (κ3) is 5.93. The van der Waals surface area contributed by atoms with E-state index in [0.29, 0.717) is 44.0 Å². The minimum absolute atomic E-state index is 0.209. The first kappa shape index (κ1) is 26.4. The molecule has 2 N–H and O–H groups in total. The van der Waals surface area contributed by atoms with Gasteiger partial charge in [-0.05, 0) is 36.4 Å². The summed E-state index contributed by atoms with van der Waals surface area (Å²) < 4.78 is 35.6. The molecule has 0 amide bonds. The maximum absolute atomic E-state index is 13.1. The van der Waals surface area contributed by atoms with Gasteiger partial charge < -0.3 is 14.6 Å². The third-order valence-electron chi connectivity index (χ3n) is 6.63. The van der Waals surface area contributed by atoms with Gasteiger partial charge in [-0.3, -0.25) is 0 Å². The summed E-state index contributed by atoms with van der Waals surface area (Å²) in [6, 6.07) is 23.0. The number of benzene rings is 2. The van der Waals surface area contributed by atoms with Crippen molar-refractivity contribution < 1.29 is 13.2 Å². The van der Waals surface area contributed by atoms with Crippen LogP contribution in [0.2, 0.25) is 0 Å². The zero-order valence-electron chi connectivity index (χ0n) is 21.5. The Bertz CT molecular complexity index is 1560. The average molecular weight is 544 g/mol. The second-order valence-corrected chi connectivity index (χ2v) is 10.8. The first-order chi connectivity index (χ1) is 19.0.